The molecule has 2 rings (SSSR count). The third-order valence-electron chi connectivity index (χ3n) is 4.54. The van der Waals surface area contributed by atoms with E-state index in [2.05, 4.69) is 26.1 Å². The highest BCUT2D eigenvalue weighted by Gasteiger charge is 2.29. The predicted octanol–water partition coefficient (Wildman–Crippen LogP) is 3.47. The van der Waals surface area contributed by atoms with Crippen LogP contribution < -0.4 is 14.4 Å². The van der Waals surface area contributed by atoms with Crippen LogP contribution in [0.15, 0.2) is 48.5 Å². The monoisotopic (exact) mass is 436 g/mol. The van der Waals surface area contributed by atoms with E-state index in [1.807, 2.05) is 24.3 Å². The maximum atomic E-state index is 13.5. The molecule has 6 nitrogen and oxygen atoms in total. The molecular formula is C22H29FN2O4S. The van der Waals surface area contributed by atoms with Gasteiger partial charge in [-0.2, -0.15) is 0 Å². The number of amides is 1. The molecule has 0 aromatic heterocycles. The lowest BCUT2D eigenvalue weighted by atomic mass is 9.87. The van der Waals surface area contributed by atoms with Crippen molar-refractivity contribution in [2.75, 3.05) is 23.7 Å². The number of nitrogens with one attached hydrogen (secondary N) is 1. The van der Waals surface area contributed by atoms with E-state index in [0.29, 0.717) is 5.75 Å². The van der Waals surface area contributed by atoms with Gasteiger partial charge in [-0.1, -0.05) is 39.0 Å². The fraction of sp³-hybridized carbons (Fsp3) is 0.409. The van der Waals surface area contributed by atoms with Crippen molar-refractivity contribution >= 4 is 21.6 Å². The summed E-state index contributed by atoms with van der Waals surface area (Å²) in [6, 6.07) is 11.8. The molecule has 1 atom stereocenters. The normalized spacial score (nSPS) is 12.9. The van der Waals surface area contributed by atoms with Crippen LogP contribution in [0.1, 0.15) is 33.3 Å². The maximum Gasteiger partial charge on any atom is 0.243 e. The molecule has 8 heteroatoms. The molecule has 0 bridgehead atoms. The molecule has 0 spiro atoms. The second-order valence-corrected chi connectivity index (χ2v) is 9.99. The van der Waals surface area contributed by atoms with E-state index < -0.39 is 27.8 Å². The molecule has 30 heavy (non-hydrogen) atoms. The zero-order chi connectivity index (χ0) is 22.5. The zero-order valence-corrected chi connectivity index (χ0v) is 18.8. The second-order valence-electron chi connectivity index (χ2n) is 8.13. The van der Waals surface area contributed by atoms with Crippen LogP contribution in [0.2, 0.25) is 0 Å². The van der Waals surface area contributed by atoms with Crippen LogP contribution in [0.5, 0.6) is 5.75 Å². The molecule has 2 aromatic rings. The first-order valence-electron chi connectivity index (χ1n) is 9.65. The van der Waals surface area contributed by atoms with Gasteiger partial charge in [0.1, 0.15) is 24.2 Å². The van der Waals surface area contributed by atoms with Gasteiger partial charge in [-0.25, -0.2) is 12.8 Å². The number of carbonyl (C=O) groups excluding carboxylic acids is 1. The molecule has 0 aliphatic rings. The lowest BCUT2D eigenvalue weighted by molar-refractivity contribution is -0.121. The van der Waals surface area contributed by atoms with Gasteiger partial charge in [-0.3, -0.25) is 9.10 Å². The first-order valence-corrected chi connectivity index (χ1v) is 11.5. The molecule has 0 saturated carbocycles. The van der Waals surface area contributed by atoms with Crippen LogP contribution in [0, 0.1) is 5.82 Å². The van der Waals surface area contributed by atoms with Gasteiger partial charge in [0.2, 0.25) is 15.9 Å². The van der Waals surface area contributed by atoms with Gasteiger partial charge in [0.25, 0.3) is 0 Å². The molecule has 0 unspecified atom stereocenters. The minimum atomic E-state index is -3.79. The van der Waals surface area contributed by atoms with Crippen molar-refractivity contribution in [1.82, 2.24) is 5.32 Å². The van der Waals surface area contributed by atoms with Gasteiger partial charge < -0.3 is 10.1 Å². The van der Waals surface area contributed by atoms with Crippen molar-refractivity contribution in [3.63, 3.8) is 0 Å². The summed E-state index contributed by atoms with van der Waals surface area (Å²) >= 11 is 0. The van der Waals surface area contributed by atoms with Gasteiger partial charge in [0, 0.05) is 0 Å². The minimum Gasteiger partial charge on any atom is -0.492 e. The molecule has 1 amide bonds. The first-order chi connectivity index (χ1) is 13.9. The fourth-order valence-corrected chi connectivity index (χ4v) is 4.13. The molecule has 0 heterocycles. The van der Waals surface area contributed by atoms with E-state index in [1.54, 1.807) is 0 Å². The first kappa shape index (κ1) is 23.7. The van der Waals surface area contributed by atoms with Crippen molar-refractivity contribution in [1.29, 1.82) is 0 Å². The highest BCUT2D eigenvalue weighted by Crippen LogP contribution is 2.24. The van der Waals surface area contributed by atoms with E-state index in [0.717, 1.165) is 16.6 Å². The number of anilines is 1. The van der Waals surface area contributed by atoms with Crippen molar-refractivity contribution < 1.29 is 22.3 Å². The van der Waals surface area contributed by atoms with Crippen LogP contribution in [0.3, 0.4) is 0 Å². The molecule has 0 aliphatic heterocycles. The minimum absolute atomic E-state index is 0.0514. The molecule has 1 N–H and O–H groups in total. The highest BCUT2D eigenvalue weighted by molar-refractivity contribution is 7.92. The van der Waals surface area contributed by atoms with Crippen molar-refractivity contribution in [2.45, 2.75) is 39.2 Å². The number of rotatable bonds is 8. The zero-order valence-electron chi connectivity index (χ0n) is 18.0. The summed E-state index contributed by atoms with van der Waals surface area (Å²) in [6.07, 6.45) is 0.978. The molecule has 2 aromatic carbocycles. The summed E-state index contributed by atoms with van der Waals surface area (Å²) in [5.74, 6) is -0.404. The van der Waals surface area contributed by atoms with Crippen LogP contribution in [0.4, 0.5) is 10.1 Å². The quantitative estimate of drug-likeness (QED) is 0.643. The van der Waals surface area contributed by atoms with Crippen molar-refractivity contribution in [3.8, 4) is 5.75 Å². The summed E-state index contributed by atoms with van der Waals surface area (Å²) < 4.78 is 44.5. The number of nitrogens with zero attached hydrogens (tertiary/aromatic N) is 1. The van der Waals surface area contributed by atoms with Gasteiger partial charge in [0.05, 0.1) is 18.5 Å². The Kier molecular flexibility index (Phi) is 7.47. The van der Waals surface area contributed by atoms with E-state index in [9.17, 15) is 17.6 Å². The topological polar surface area (TPSA) is 75.7 Å². The maximum absolute atomic E-state index is 13.5. The predicted molar refractivity (Wildman–Crippen MR) is 117 cm³/mol. The number of hydrogen-bond donors (Lipinski definition) is 1. The summed E-state index contributed by atoms with van der Waals surface area (Å²) in [5.41, 5.74) is 1.33. The Morgan fingerprint density at radius 1 is 1.17 bits per heavy atom. The van der Waals surface area contributed by atoms with Crippen LogP contribution in [0.25, 0.3) is 0 Å². The largest absolute Gasteiger partial charge is 0.492 e. The van der Waals surface area contributed by atoms with Crippen LogP contribution >= 0.6 is 0 Å². The number of carbonyl (C=O) groups is 1. The van der Waals surface area contributed by atoms with Gasteiger partial charge in [0.15, 0.2) is 0 Å². The summed E-state index contributed by atoms with van der Waals surface area (Å²) in [5, 5.41) is 2.66. The molecule has 164 valence electrons. The van der Waals surface area contributed by atoms with Crippen molar-refractivity contribution in [2.24, 2.45) is 0 Å². The Bertz CT molecular complexity index is 969. The Morgan fingerprint density at radius 3 is 2.33 bits per heavy atom. The Hall–Kier alpha value is -2.61. The number of ether oxygens (including phenoxy) is 1. The van der Waals surface area contributed by atoms with Crippen molar-refractivity contribution in [3.05, 3.63) is 59.9 Å². The summed E-state index contributed by atoms with van der Waals surface area (Å²) in [6.45, 7) is 8.26. The van der Waals surface area contributed by atoms with Gasteiger partial charge in [-0.15, -0.1) is 0 Å². The second kappa shape index (κ2) is 9.47. The van der Waals surface area contributed by atoms with E-state index in [4.69, 9.17) is 4.74 Å². The molecular weight excluding hydrogens is 407 g/mol. The average molecular weight is 437 g/mol. The SMILES string of the molecule is C[C@H](C(=O)NCCOc1ccc(C(C)(C)C)cc1)N(c1cccc(F)c1)S(C)(=O)=O. The lowest BCUT2D eigenvalue weighted by Gasteiger charge is -2.28. The molecule has 0 saturated heterocycles. The molecule has 0 fully saturated rings. The number of hydrogen-bond acceptors (Lipinski definition) is 4. The van der Waals surface area contributed by atoms with Gasteiger partial charge in [-0.05, 0) is 48.2 Å². The summed E-state index contributed by atoms with van der Waals surface area (Å²) in [7, 11) is -3.79. The standard InChI is InChI=1S/C22H29FN2O4S/c1-16(25(30(5,27)28)19-8-6-7-18(23)15-19)21(26)24-13-14-29-20-11-9-17(10-12-20)22(2,3)4/h6-12,15-16H,13-14H2,1-5H3,(H,24,26)/t16-/m1/s1. The number of sulfonamides is 1. The fourth-order valence-electron chi connectivity index (χ4n) is 2.96. The molecule has 0 radical (unpaired) electrons. The Balaban J connectivity index is 1.94. The third-order valence-corrected chi connectivity index (χ3v) is 5.78. The van der Waals surface area contributed by atoms with E-state index in [1.165, 1.54) is 30.7 Å². The van der Waals surface area contributed by atoms with Crippen LogP contribution in [-0.4, -0.2) is 39.8 Å². The van der Waals surface area contributed by atoms with Crippen LogP contribution in [-0.2, 0) is 20.2 Å². The number of halogens is 1. The lowest BCUT2D eigenvalue weighted by Crippen LogP contribution is -2.48. The molecule has 0 aliphatic carbocycles. The van der Waals surface area contributed by atoms with Gasteiger partial charge >= 0.3 is 0 Å². The highest BCUT2D eigenvalue weighted by atomic mass is 32.2. The third kappa shape index (κ3) is 6.45. The Morgan fingerprint density at radius 2 is 1.80 bits per heavy atom. The van der Waals surface area contributed by atoms with E-state index in [-0.39, 0.29) is 24.3 Å². The van der Waals surface area contributed by atoms with E-state index >= 15 is 0 Å². The smallest absolute Gasteiger partial charge is 0.243 e. The number of benzene rings is 2. The Labute approximate surface area is 178 Å². The average Bonchev–Trinajstić information content (AvgIpc) is 2.63. The summed E-state index contributed by atoms with van der Waals surface area (Å²) in [4.78, 5) is 12.5.